The Morgan fingerprint density at radius 3 is 2.08 bits per heavy atom. The van der Waals surface area contributed by atoms with Gasteiger partial charge in [-0.3, -0.25) is 0 Å². The van der Waals surface area contributed by atoms with E-state index in [0.717, 1.165) is 0 Å². The lowest BCUT2D eigenvalue weighted by Gasteiger charge is -1.86. The summed E-state index contributed by atoms with van der Waals surface area (Å²) in [6.45, 7) is 6.86. The third kappa shape index (κ3) is 25.1. The molecule has 0 rings (SSSR count). The molecular weight excluding hydrogens is 175 g/mol. The van der Waals surface area contributed by atoms with Crippen LogP contribution in [0.2, 0.25) is 0 Å². The maximum Gasteiger partial charge on any atom is 0.503 e. The van der Waals surface area contributed by atoms with Crippen molar-refractivity contribution < 1.29 is 19.4 Å². The summed E-state index contributed by atoms with van der Waals surface area (Å²) in [5, 5.41) is 13.9. The van der Waals surface area contributed by atoms with Gasteiger partial charge in [0.25, 0.3) is 0 Å². The van der Waals surface area contributed by atoms with Gasteiger partial charge in [0, 0.05) is 6.42 Å². The van der Waals surface area contributed by atoms with Crippen molar-refractivity contribution in [3.8, 4) is 0 Å². The first-order valence-corrected chi connectivity index (χ1v) is 3.52. The first kappa shape index (κ1) is 14.0. The minimum Gasteiger partial charge on any atom is -0.450 e. The SMILES string of the molecule is C=CCC=C(F)CC=C.O=C(O)O. The zero-order valence-corrected chi connectivity index (χ0v) is 7.24. The second-order valence-corrected chi connectivity index (χ2v) is 1.95. The highest BCUT2D eigenvalue weighted by Gasteiger charge is 1.85. The van der Waals surface area contributed by atoms with E-state index in [9.17, 15) is 4.39 Å². The van der Waals surface area contributed by atoms with Crippen LogP contribution in [0, 0.1) is 0 Å². The van der Waals surface area contributed by atoms with Crippen molar-refractivity contribution in [2.24, 2.45) is 0 Å². The van der Waals surface area contributed by atoms with Gasteiger partial charge in [0.2, 0.25) is 0 Å². The standard InChI is InChI=1S/C8H11F.CH2O3/c1-3-5-7-8(9)6-4-2;2-1(3)4/h3-4,7H,1-2,5-6H2;(H2,2,3,4). The molecule has 4 heteroatoms. The summed E-state index contributed by atoms with van der Waals surface area (Å²) in [6, 6.07) is 0. The number of carboxylic acid groups (broad SMARTS) is 2. The quantitative estimate of drug-likeness (QED) is 0.666. The molecule has 0 aliphatic rings. The molecule has 0 aromatic heterocycles. The van der Waals surface area contributed by atoms with Gasteiger partial charge < -0.3 is 10.2 Å². The molecule has 0 aliphatic carbocycles. The molecule has 0 aromatic carbocycles. The number of rotatable bonds is 4. The van der Waals surface area contributed by atoms with Crippen LogP contribution in [0.5, 0.6) is 0 Å². The molecule has 0 unspecified atom stereocenters. The van der Waals surface area contributed by atoms with Crippen LogP contribution in [0.4, 0.5) is 9.18 Å². The van der Waals surface area contributed by atoms with Gasteiger partial charge in [0.1, 0.15) is 0 Å². The molecule has 0 spiro atoms. The fourth-order valence-electron chi connectivity index (χ4n) is 0.432. The first-order valence-electron chi connectivity index (χ1n) is 3.52. The van der Waals surface area contributed by atoms with Crippen molar-refractivity contribution in [3.05, 3.63) is 37.2 Å². The summed E-state index contributed by atoms with van der Waals surface area (Å²) in [5.41, 5.74) is 0. The van der Waals surface area contributed by atoms with E-state index >= 15 is 0 Å². The second kappa shape index (κ2) is 10.4. The maximum atomic E-state index is 12.3. The molecule has 0 aliphatic heterocycles. The molecular formula is C9H13FO3. The number of allylic oxidation sites excluding steroid dienone is 4. The normalized spacial score (nSPS) is 9.46. The van der Waals surface area contributed by atoms with Gasteiger partial charge in [-0.05, 0) is 12.5 Å². The smallest absolute Gasteiger partial charge is 0.450 e. The van der Waals surface area contributed by atoms with Crippen LogP contribution >= 0.6 is 0 Å². The highest BCUT2D eigenvalue weighted by Crippen LogP contribution is 2.03. The fraction of sp³-hybridized carbons (Fsp3) is 0.222. The number of hydrogen-bond donors (Lipinski definition) is 2. The molecule has 0 fully saturated rings. The van der Waals surface area contributed by atoms with Crippen LogP contribution in [0.1, 0.15) is 12.8 Å². The van der Waals surface area contributed by atoms with Gasteiger partial charge in [0.05, 0.1) is 5.83 Å². The summed E-state index contributed by atoms with van der Waals surface area (Å²) < 4.78 is 12.3. The van der Waals surface area contributed by atoms with E-state index in [2.05, 4.69) is 13.2 Å². The highest BCUT2D eigenvalue weighted by molar-refractivity contribution is 5.53. The molecule has 2 N–H and O–H groups in total. The van der Waals surface area contributed by atoms with Crippen LogP contribution in [0.25, 0.3) is 0 Å². The molecule has 0 saturated carbocycles. The van der Waals surface area contributed by atoms with E-state index in [1.54, 1.807) is 6.08 Å². The summed E-state index contributed by atoms with van der Waals surface area (Å²) in [4.78, 5) is 8.56. The lowest BCUT2D eigenvalue weighted by Crippen LogP contribution is -1.81. The Kier molecular flexibility index (Phi) is 11.2. The first-order chi connectivity index (χ1) is 6.04. The molecule has 0 saturated heterocycles. The van der Waals surface area contributed by atoms with Gasteiger partial charge in [-0.2, -0.15) is 0 Å². The third-order valence-corrected chi connectivity index (χ3v) is 0.845. The van der Waals surface area contributed by atoms with Crippen LogP contribution in [-0.4, -0.2) is 16.4 Å². The lowest BCUT2D eigenvalue weighted by molar-refractivity contribution is 0.137. The van der Waals surface area contributed by atoms with Crippen LogP contribution in [0.3, 0.4) is 0 Å². The predicted molar refractivity (Wildman–Crippen MR) is 49.5 cm³/mol. The van der Waals surface area contributed by atoms with Gasteiger partial charge in [-0.15, -0.1) is 13.2 Å². The zero-order valence-electron chi connectivity index (χ0n) is 7.24. The van der Waals surface area contributed by atoms with Crippen molar-refractivity contribution in [2.45, 2.75) is 12.8 Å². The summed E-state index contributed by atoms with van der Waals surface area (Å²) in [5.74, 6) is -0.134. The topological polar surface area (TPSA) is 57.5 Å². The summed E-state index contributed by atoms with van der Waals surface area (Å²) >= 11 is 0. The molecule has 0 heterocycles. The summed E-state index contributed by atoms with van der Waals surface area (Å²) in [7, 11) is 0. The number of carbonyl (C=O) groups is 1. The monoisotopic (exact) mass is 188 g/mol. The molecule has 0 atom stereocenters. The minimum atomic E-state index is -1.83. The van der Waals surface area contributed by atoms with E-state index in [0.29, 0.717) is 12.8 Å². The maximum absolute atomic E-state index is 12.3. The molecule has 0 bridgehead atoms. The summed E-state index contributed by atoms with van der Waals surface area (Å²) in [6.07, 6.45) is 3.78. The van der Waals surface area contributed by atoms with Crippen molar-refractivity contribution in [3.63, 3.8) is 0 Å². The Bertz CT molecular complexity index is 193. The van der Waals surface area contributed by atoms with Gasteiger partial charge in [0.15, 0.2) is 0 Å². The van der Waals surface area contributed by atoms with Crippen molar-refractivity contribution in [1.29, 1.82) is 0 Å². The molecule has 74 valence electrons. The van der Waals surface area contributed by atoms with E-state index in [4.69, 9.17) is 15.0 Å². The average Bonchev–Trinajstić information content (AvgIpc) is 2.00. The average molecular weight is 188 g/mol. The fourth-order valence-corrected chi connectivity index (χ4v) is 0.432. The Balaban J connectivity index is 0. The zero-order chi connectivity index (χ0) is 10.7. The van der Waals surface area contributed by atoms with Crippen molar-refractivity contribution >= 4 is 6.16 Å². The van der Waals surface area contributed by atoms with Gasteiger partial charge in [-0.25, -0.2) is 9.18 Å². The van der Waals surface area contributed by atoms with Gasteiger partial charge in [-0.1, -0.05) is 12.2 Å². The highest BCUT2D eigenvalue weighted by atomic mass is 19.1. The number of hydrogen-bond acceptors (Lipinski definition) is 1. The molecule has 0 radical (unpaired) electrons. The molecule has 13 heavy (non-hydrogen) atoms. The Labute approximate surface area is 76.5 Å². The van der Waals surface area contributed by atoms with Crippen molar-refractivity contribution in [1.82, 2.24) is 0 Å². The van der Waals surface area contributed by atoms with E-state index in [1.807, 2.05) is 0 Å². The van der Waals surface area contributed by atoms with E-state index in [1.165, 1.54) is 12.2 Å². The lowest BCUT2D eigenvalue weighted by atomic mass is 10.3. The minimum absolute atomic E-state index is 0.134. The van der Waals surface area contributed by atoms with E-state index < -0.39 is 6.16 Å². The van der Waals surface area contributed by atoms with Gasteiger partial charge >= 0.3 is 6.16 Å². The second-order valence-electron chi connectivity index (χ2n) is 1.95. The predicted octanol–water partition coefficient (Wildman–Crippen LogP) is 3.21. The van der Waals surface area contributed by atoms with Crippen LogP contribution in [-0.2, 0) is 0 Å². The Hall–Kier alpha value is -1.58. The van der Waals surface area contributed by atoms with Crippen LogP contribution < -0.4 is 0 Å². The molecule has 0 amide bonds. The third-order valence-electron chi connectivity index (χ3n) is 0.845. The number of halogens is 1. The molecule has 0 aromatic rings. The molecule has 3 nitrogen and oxygen atoms in total. The Morgan fingerprint density at radius 1 is 1.31 bits per heavy atom. The largest absolute Gasteiger partial charge is 0.503 e. The van der Waals surface area contributed by atoms with Crippen molar-refractivity contribution in [2.75, 3.05) is 0 Å². The van der Waals surface area contributed by atoms with E-state index in [-0.39, 0.29) is 5.83 Å². The van der Waals surface area contributed by atoms with Crippen LogP contribution in [0.15, 0.2) is 37.2 Å². The Morgan fingerprint density at radius 2 is 1.77 bits per heavy atom.